The Morgan fingerprint density at radius 2 is 0.692 bits per heavy atom. The highest BCUT2D eigenvalue weighted by molar-refractivity contribution is 7.02. The summed E-state index contributed by atoms with van der Waals surface area (Å²) in [5.41, 5.74) is 5.16. The molecule has 0 heterocycles. The lowest BCUT2D eigenvalue weighted by atomic mass is 9.86. The van der Waals surface area contributed by atoms with Crippen LogP contribution in [0.2, 0.25) is 26.2 Å². The predicted octanol–water partition coefficient (Wildman–Crippen LogP) is 11.3. The summed E-state index contributed by atoms with van der Waals surface area (Å²) in [6.07, 6.45) is 0. The standard InChI is InChI=1S/C50H42Si2/c1-51(2,42-33-24-35-14-5-6-16-39(35)34-42)40-29-25-37(26-30-40)49-44-19-9-11-21-46(44)50(47-22-12-10-20-45(47)49)38-27-31-41(32-28-38)52(3,4)48-23-13-17-36-15-7-8-18-43(36)48/h5-34H,1-4H3. The van der Waals surface area contributed by atoms with E-state index < -0.39 is 16.1 Å². The van der Waals surface area contributed by atoms with Crippen molar-refractivity contribution in [2.24, 2.45) is 0 Å². The second-order valence-corrected chi connectivity index (χ2v) is 24.1. The van der Waals surface area contributed by atoms with Crippen LogP contribution in [0.25, 0.3) is 65.3 Å². The van der Waals surface area contributed by atoms with Crippen LogP contribution < -0.4 is 20.7 Å². The van der Waals surface area contributed by atoms with Gasteiger partial charge in [0.1, 0.15) is 16.1 Å². The summed E-state index contributed by atoms with van der Waals surface area (Å²) < 4.78 is 0. The van der Waals surface area contributed by atoms with Gasteiger partial charge < -0.3 is 0 Å². The molecule has 0 bridgehead atoms. The molecule has 0 aliphatic carbocycles. The smallest absolute Gasteiger partial charge is 0.0620 e. The number of benzene rings is 9. The maximum atomic E-state index is 2.49. The Morgan fingerprint density at radius 1 is 0.288 bits per heavy atom. The van der Waals surface area contributed by atoms with Crippen LogP contribution in [0.1, 0.15) is 0 Å². The molecule has 0 atom stereocenters. The molecule has 9 aromatic carbocycles. The van der Waals surface area contributed by atoms with E-state index in [2.05, 4.69) is 208 Å². The number of hydrogen-bond acceptors (Lipinski definition) is 0. The van der Waals surface area contributed by atoms with Gasteiger partial charge in [-0.2, -0.15) is 0 Å². The van der Waals surface area contributed by atoms with E-state index in [0.717, 1.165) is 0 Å². The van der Waals surface area contributed by atoms with E-state index in [9.17, 15) is 0 Å². The fourth-order valence-electron chi connectivity index (χ4n) is 8.53. The van der Waals surface area contributed by atoms with Crippen LogP contribution in [-0.4, -0.2) is 16.1 Å². The minimum atomic E-state index is -1.95. The van der Waals surface area contributed by atoms with Crippen molar-refractivity contribution in [3.05, 3.63) is 182 Å². The van der Waals surface area contributed by atoms with E-state index in [-0.39, 0.29) is 0 Å². The van der Waals surface area contributed by atoms with Gasteiger partial charge in [0.15, 0.2) is 0 Å². The topological polar surface area (TPSA) is 0 Å². The van der Waals surface area contributed by atoms with Crippen molar-refractivity contribution in [2.45, 2.75) is 26.2 Å². The summed E-state index contributed by atoms with van der Waals surface area (Å²) in [5, 5.41) is 16.4. The lowest BCUT2D eigenvalue weighted by Crippen LogP contribution is -2.53. The molecule has 0 aliphatic rings. The molecule has 0 spiro atoms. The van der Waals surface area contributed by atoms with Crippen molar-refractivity contribution in [1.82, 2.24) is 0 Å². The average molecular weight is 699 g/mol. The van der Waals surface area contributed by atoms with Gasteiger partial charge in [0.25, 0.3) is 0 Å². The molecular formula is C50H42Si2. The highest BCUT2D eigenvalue weighted by Gasteiger charge is 2.29. The lowest BCUT2D eigenvalue weighted by Gasteiger charge is -2.26. The molecule has 0 fully saturated rings. The third kappa shape index (κ3) is 5.33. The van der Waals surface area contributed by atoms with Crippen LogP contribution in [0, 0.1) is 0 Å². The summed E-state index contributed by atoms with van der Waals surface area (Å²) in [7, 11) is -3.86. The van der Waals surface area contributed by atoms with Crippen molar-refractivity contribution >= 4 is 80.0 Å². The van der Waals surface area contributed by atoms with Crippen molar-refractivity contribution in [3.63, 3.8) is 0 Å². The van der Waals surface area contributed by atoms with Gasteiger partial charge in [-0.05, 0) is 70.5 Å². The van der Waals surface area contributed by atoms with Crippen LogP contribution >= 0.6 is 0 Å². The molecule has 9 rings (SSSR count). The van der Waals surface area contributed by atoms with Crippen LogP contribution in [0.15, 0.2) is 182 Å². The van der Waals surface area contributed by atoms with Crippen LogP contribution in [0.4, 0.5) is 0 Å². The number of rotatable bonds is 6. The van der Waals surface area contributed by atoms with Crippen molar-refractivity contribution in [3.8, 4) is 22.3 Å². The number of fused-ring (bicyclic) bond motifs is 4. The van der Waals surface area contributed by atoms with E-state index in [1.54, 1.807) is 0 Å². The highest BCUT2D eigenvalue weighted by Crippen LogP contribution is 2.43. The minimum Gasteiger partial charge on any atom is -0.0620 e. The normalized spacial score (nSPS) is 12.2. The first-order valence-electron chi connectivity index (χ1n) is 18.4. The molecule has 2 heteroatoms. The van der Waals surface area contributed by atoms with Gasteiger partial charge in [-0.3, -0.25) is 0 Å². The fraction of sp³-hybridized carbons (Fsp3) is 0.0800. The Kier molecular flexibility index (Phi) is 7.84. The maximum Gasteiger partial charge on any atom is 0.113 e. The SMILES string of the molecule is C[Si](C)(c1ccc(-c2c3ccccc3c(-c3ccc([Si](C)(C)c4cccc5ccccc45)cc3)c3ccccc23)cc1)c1ccc2ccccc2c1. The van der Waals surface area contributed by atoms with Gasteiger partial charge in [-0.25, -0.2) is 0 Å². The molecular weight excluding hydrogens is 657 g/mol. The van der Waals surface area contributed by atoms with E-state index in [4.69, 9.17) is 0 Å². The molecule has 250 valence electrons. The Morgan fingerprint density at radius 3 is 1.23 bits per heavy atom. The van der Waals surface area contributed by atoms with Crippen molar-refractivity contribution in [1.29, 1.82) is 0 Å². The maximum absolute atomic E-state index is 2.49. The Balaban J connectivity index is 1.14. The predicted molar refractivity (Wildman–Crippen MR) is 234 cm³/mol. The second kappa shape index (κ2) is 12.6. The zero-order valence-electron chi connectivity index (χ0n) is 30.3. The van der Waals surface area contributed by atoms with Gasteiger partial charge in [-0.1, -0.05) is 224 Å². The fourth-order valence-corrected chi connectivity index (χ4v) is 13.6. The van der Waals surface area contributed by atoms with E-state index >= 15 is 0 Å². The Bertz CT molecular complexity index is 2710. The van der Waals surface area contributed by atoms with Crippen molar-refractivity contribution in [2.75, 3.05) is 0 Å². The van der Waals surface area contributed by atoms with Crippen LogP contribution in [0.3, 0.4) is 0 Å². The summed E-state index contributed by atoms with van der Waals surface area (Å²) in [5.74, 6) is 0. The van der Waals surface area contributed by atoms with E-state index in [0.29, 0.717) is 0 Å². The molecule has 0 saturated heterocycles. The lowest BCUT2D eigenvalue weighted by molar-refractivity contribution is 1.65. The Labute approximate surface area is 309 Å². The zero-order chi connectivity index (χ0) is 35.5. The molecule has 0 nitrogen and oxygen atoms in total. The summed E-state index contributed by atoms with van der Waals surface area (Å²) in [4.78, 5) is 0. The molecule has 52 heavy (non-hydrogen) atoms. The molecule has 0 radical (unpaired) electrons. The second-order valence-electron chi connectivity index (χ2n) is 15.3. The zero-order valence-corrected chi connectivity index (χ0v) is 32.3. The first-order valence-corrected chi connectivity index (χ1v) is 24.4. The summed E-state index contributed by atoms with van der Waals surface area (Å²) in [6, 6.07) is 68.5. The number of hydrogen-bond donors (Lipinski definition) is 0. The first kappa shape index (κ1) is 32.4. The van der Waals surface area contributed by atoms with E-state index in [1.807, 2.05) is 0 Å². The van der Waals surface area contributed by atoms with Crippen molar-refractivity contribution < 1.29 is 0 Å². The van der Waals surface area contributed by atoms with Gasteiger partial charge in [-0.15, -0.1) is 0 Å². The minimum absolute atomic E-state index is 1.27. The third-order valence-corrected chi connectivity index (χ3v) is 18.7. The molecule has 0 aromatic heterocycles. The first-order chi connectivity index (χ1) is 25.3. The monoisotopic (exact) mass is 698 g/mol. The molecule has 0 aliphatic heterocycles. The van der Waals surface area contributed by atoms with E-state index in [1.165, 1.54) is 86.1 Å². The van der Waals surface area contributed by atoms with Crippen LogP contribution in [-0.2, 0) is 0 Å². The molecule has 9 aromatic rings. The molecule has 0 amide bonds. The quantitative estimate of drug-likeness (QED) is 0.120. The molecule has 0 saturated carbocycles. The average Bonchev–Trinajstić information content (AvgIpc) is 3.19. The summed E-state index contributed by atoms with van der Waals surface area (Å²) in [6.45, 7) is 9.92. The van der Waals surface area contributed by atoms with Crippen LogP contribution in [0.5, 0.6) is 0 Å². The highest BCUT2D eigenvalue weighted by atomic mass is 28.3. The van der Waals surface area contributed by atoms with Gasteiger partial charge in [0.05, 0.1) is 0 Å². The van der Waals surface area contributed by atoms with Gasteiger partial charge in [0.2, 0.25) is 0 Å². The summed E-state index contributed by atoms with van der Waals surface area (Å²) >= 11 is 0. The Hall–Kier alpha value is -5.55. The van der Waals surface area contributed by atoms with Gasteiger partial charge in [0, 0.05) is 0 Å². The molecule has 0 N–H and O–H groups in total. The van der Waals surface area contributed by atoms with Gasteiger partial charge >= 0.3 is 0 Å². The third-order valence-electron chi connectivity index (χ3n) is 11.7. The molecule has 0 unspecified atom stereocenters. The largest absolute Gasteiger partial charge is 0.113 e.